The molecule has 0 atom stereocenters. The molecule has 0 radical (unpaired) electrons. The zero-order valence-electron chi connectivity index (χ0n) is 8.12. The molecule has 0 saturated heterocycles. The molecule has 0 aliphatic rings. The second-order valence-electron chi connectivity index (χ2n) is 3.25. The third-order valence-electron chi connectivity index (χ3n) is 2.10. The molecule has 0 aliphatic carbocycles. The Morgan fingerprint density at radius 1 is 1.47 bits per heavy atom. The summed E-state index contributed by atoms with van der Waals surface area (Å²) in [5.41, 5.74) is 2.27. The van der Waals surface area contributed by atoms with Crippen LogP contribution in [0.2, 0.25) is 0 Å². The molecular weight excluding hydrogens is 196 g/mol. The first-order valence-corrected chi connectivity index (χ1v) is 4.73. The number of rotatable bonds is 4. The van der Waals surface area contributed by atoms with Crippen molar-refractivity contribution in [1.82, 2.24) is 10.3 Å². The lowest BCUT2D eigenvalue weighted by molar-refractivity contribution is 0.292. The molecule has 0 saturated carbocycles. The normalized spacial score (nSPS) is 11.0. The molecule has 0 fully saturated rings. The van der Waals surface area contributed by atoms with Gasteiger partial charge in [-0.3, -0.25) is 4.98 Å². The SMILES string of the molecule is O=c1[nH]c2ccc(CNCCO)cc2o1. The van der Waals surface area contributed by atoms with E-state index in [1.165, 1.54) is 0 Å². The number of aliphatic hydroxyl groups is 1. The molecular formula is C10H12N2O3. The number of aromatic amines is 1. The fourth-order valence-corrected chi connectivity index (χ4v) is 1.41. The van der Waals surface area contributed by atoms with Crippen LogP contribution in [0.3, 0.4) is 0 Å². The molecule has 2 rings (SSSR count). The highest BCUT2D eigenvalue weighted by Gasteiger charge is 2.01. The third-order valence-corrected chi connectivity index (χ3v) is 2.10. The molecule has 5 heteroatoms. The number of H-pyrrole nitrogens is 1. The Hall–Kier alpha value is -1.59. The number of benzene rings is 1. The van der Waals surface area contributed by atoms with Crippen LogP contribution in [0.5, 0.6) is 0 Å². The van der Waals surface area contributed by atoms with E-state index in [1.807, 2.05) is 6.07 Å². The van der Waals surface area contributed by atoms with Crippen LogP contribution in [0.1, 0.15) is 5.56 Å². The maximum Gasteiger partial charge on any atom is 0.417 e. The first kappa shape index (κ1) is 9.95. The Morgan fingerprint density at radius 2 is 2.33 bits per heavy atom. The van der Waals surface area contributed by atoms with Crippen LogP contribution in [0.25, 0.3) is 11.1 Å². The van der Waals surface area contributed by atoms with Gasteiger partial charge < -0.3 is 14.8 Å². The highest BCUT2D eigenvalue weighted by molar-refractivity contribution is 5.72. The number of aromatic nitrogens is 1. The molecule has 1 aromatic heterocycles. The fourth-order valence-electron chi connectivity index (χ4n) is 1.41. The summed E-state index contributed by atoms with van der Waals surface area (Å²) in [6, 6.07) is 5.51. The molecule has 0 spiro atoms. The monoisotopic (exact) mass is 208 g/mol. The Kier molecular flexibility index (Phi) is 2.84. The van der Waals surface area contributed by atoms with E-state index < -0.39 is 5.76 Å². The van der Waals surface area contributed by atoms with Crippen molar-refractivity contribution in [2.75, 3.05) is 13.2 Å². The highest BCUT2D eigenvalue weighted by atomic mass is 16.4. The molecule has 5 nitrogen and oxygen atoms in total. The van der Waals surface area contributed by atoms with Gasteiger partial charge in [-0.15, -0.1) is 0 Å². The van der Waals surface area contributed by atoms with Crippen molar-refractivity contribution in [3.63, 3.8) is 0 Å². The Morgan fingerprint density at radius 3 is 3.13 bits per heavy atom. The van der Waals surface area contributed by atoms with Gasteiger partial charge >= 0.3 is 5.76 Å². The number of fused-ring (bicyclic) bond motifs is 1. The number of nitrogens with one attached hydrogen (secondary N) is 2. The third kappa shape index (κ3) is 2.26. The Balaban J connectivity index is 2.19. The van der Waals surface area contributed by atoms with Gasteiger partial charge in [0.1, 0.15) is 0 Å². The van der Waals surface area contributed by atoms with E-state index in [9.17, 15) is 4.79 Å². The van der Waals surface area contributed by atoms with Crippen molar-refractivity contribution in [3.05, 3.63) is 34.3 Å². The van der Waals surface area contributed by atoms with Crippen LogP contribution in [0, 0.1) is 0 Å². The van der Waals surface area contributed by atoms with Gasteiger partial charge in [-0.25, -0.2) is 4.79 Å². The van der Waals surface area contributed by atoms with E-state index in [4.69, 9.17) is 9.52 Å². The maximum absolute atomic E-state index is 10.9. The summed E-state index contributed by atoms with van der Waals surface area (Å²) in [7, 11) is 0. The zero-order chi connectivity index (χ0) is 10.7. The zero-order valence-corrected chi connectivity index (χ0v) is 8.12. The van der Waals surface area contributed by atoms with Gasteiger partial charge in [-0.1, -0.05) is 6.07 Å². The van der Waals surface area contributed by atoms with E-state index in [2.05, 4.69) is 10.3 Å². The second-order valence-corrected chi connectivity index (χ2v) is 3.25. The Bertz CT molecular complexity index is 501. The molecule has 3 N–H and O–H groups in total. The lowest BCUT2D eigenvalue weighted by Gasteiger charge is -2.01. The van der Waals surface area contributed by atoms with Crippen LogP contribution < -0.4 is 11.1 Å². The minimum atomic E-state index is -0.439. The first-order valence-electron chi connectivity index (χ1n) is 4.73. The molecule has 0 bridgehead atoms. The van der Waals surface area contributed by atoms with Crippen molar-refractivity contribution in [2.24, 2.45) is 0 Å². The summed E-state index contributed by atoms with van der Waals surface area (Å²) in [6.07, 6.45) is 0. The molecule has 1 heterocycles. The van der Waals surface area contributed by atoms with Gasteiger partial charge in [0.2, 0.25) is 0 Å². The summed E-state index contributed by atoms with van der Waals surface area (Å²) in [6.45, 7) is 1.31. The van der Waals surface area contributed by atoms with Gasteiger partial charge in [0, 0.05) is 13.1 Å². The Labute approximate surface area is 85.7 Å². The predicted molar refractivity (Wildman–Crippen MR) is 55.6 cm³/mol. The van der Waals surface area contributed by atoms with Gasteiger partial charge in [0.25, 0.3) is 0 Å². The molecule has 1 aromatic carbocycles. The molecule has 15 heavy (non-hydrogen) atoms. The average molecular weight is 208 g/mol. The number of oxazole rings is 1. The van der Waals surface area contributed by atoms with Gasteiger partial charge in [-0.2, -0.15) is 0 Å². The molecule has 2 aromatic rings. The molecule has 0 aliphatic heterocycles. The maximum atomic E-state index is 10.9. The van der Waals surface area contributed by atoms with E-state index >= 15 is 0 Å². The van der Waals surface area contributed by atoms with Crippen molar-refractivity contribution in [1.29, 1.82) is 0 Å². The van der Waals surface area contributed by atoms with E-state index in [1.54, 1.807) is 12.1 Å². The van der Waals surface area contributed by atoms with E-state index in [0.29, 0.717) is 24.2 Å². The second kappa shape index (κ2) is 4.29. The minimum Gasteiger partial charge on any atom is -0.408 e. The van der Waals surface area contributed by atoms with Crippen LogP contribution >= 0.6 is 0 Å². The van der Waals surface area contributed by atoms with Gasteiger partial charge in [-0.05, 0) is 17.7 Å². The predicted octanol–water partition coefficient (Wildman–Crippen LogP) is 0.203. The summed E-state index contributed by atoms with van der Waals surface area (Å²) in [4.78, 5) is 13.5. The van der Waals surface area contributed by atoms with Gasteiger partial charge in [0.05, 0.1) is 12.1 Å². The van der Waals surface area contributed by atoms with Crippen molar-refractivity contribution in [2.45, 2.75) is 6.54 Å². The number of aliphatic hydroxyl groups excluding tert-OH is 1. The summed E-state index contributed by atoms with van der Waals surface area (Å²) < 4.78 is 4.93. The van der Waals surface area contributed by atoms with Crippen LogP contribution in [0.15, 0.2) is 27.4 Å². The summed E-state index contributed by atoms with van der Waals surface area (Å²) >= 11 is 0. The molecule has 80 valence electrons. The van der Waals surface area contributed by atoms with Crippen molar-refractivity contribution < 1.29 is 9.52 Å². The summed E-state index contributed by atoms with van der Waals surface area (Å²) in [5, 5.41) is 11.6. The smallest absolute Gasteiger partial charge is 0.408 e. The average Bonchev–Trinajstić information content (AvgIpc) is 2.57. The van der Waals surface area contributed by atoms with Crippen LogP contribution in [0.4, 0.5) is 0 Å². The fraction of sp³-hybridized carbons (Fsp3) is 0.300. The lowest BCUT2D eigenvalue weighted by atomic mass is 10.2. The quantitative estimate of drug-likeness (QED) is 0.627. The van der Waals surface area contributed by atoms with Gasteiger partial charge in [0.15, 0.2) is 5.58 Å². The van der Waals surface area contributed by atoms with Crippen molar-refractivity contribution >= 4 is 11.1 Å². The highest BCUT2D eigenvalue weighted by Crippen LogP contribution is 2.11. The molecule has 0 unspecified atom stereocenters. The first-order chi connectivity index (χ1) is 7.29. The van der Waals surface area contributed by atoms with E-state index in [0.717, 1.165) is 5.56 Å². The van der Waals surface area contributed by atoms with Crippen LogP contribution in [-0.2, 0) is 6.54 Å². The number of hydrogen-bond donors (Lipinski definition) is 3. The van der Waals surface area contributed by atoms with Crippen molar-refractivity contribution in [3.8, 4) is 0 Å². The van der Waals surface area contributed by atoms with E-state index in [-0.39, 0.29) is 6.61 Å². The number of hydrogen-bond acceptors (Lipinski definition) is 4. The minimum absolute atomic E-state index is 0.113. The summed E-state index contributed by atoms with van der Waals surface area (Å²) in [5.74, 6) is -0.439. The largest absolute Gasteiger partial charge is 0.417 e. The lowest BCUT2D eigenvalue weighted by Crippen LogP contribution is -2.17. The standard InChI is InChI=1S/C10H12N2O3/c13-4-3-11-6-7-1-2-8-9(5-7)15-10(14)12-8/h1-2,5,11,13H,3-4,6H2,(H,12,14). The molecule has 0 amide bonds. The topological polar surface area (TPSA) is 78.3 Å². The van der Waals surface area contributed by atoms with Crippen LogP contribution in [-0.4, -0.2) is 23.2 Å².